The predicted octanol–water partition coefficient (Wildman–Crippen LogP) is 0.984. The van der Waals surface area contributed by atoms with Gasteiger partial charge >= 0.3 is 0 Å². The predicted molar refractivity (Wildman–Crippen MR) is 90.7 cm³/mol. The first-order valence-corrected chi connectivity index (χ1v) is 8.53. The summed E-state index contributed by atoms with van der Waals surface area (Å²) in [6.45, 7) is 3.09. The van der Waals surface area contributed by atoms with Gasteiger partial charge < -0.3 is 5.32 Å². The number of tetrazole rings is 1. The molecule has 3 aromatic rings. The number of pyridine rings is 1. The van der Waals surface area contributed by atoms with E-state index in [1.165, 1.54) is 10.1 Å². The van der Waals surface area contributed by atoms with Crippen LogP contribution in [0.3, 0.4) is 0 Å². The normalized spacial score (nSPS) is 25.0. The molecule has 7 heteroatoms. The molecule has 0 spiro atoms. The van der Waals surface area contributed by atoms with Crippen LogP contribution in [-0.2, 0) is 6.54 Å². The molecule has 1 aliphatic heterocycles. The van der Waals surface area contributed by atoms with Gasteiger partial charge in [0.15, 0.2) is 5.65 Å². The van der Waals surface area contributed by atoms with E-state index in [-0.39, 0.29) is 5.91 Å². The molecular weight excluding hydrogens is 316 g/mol. The maximum absolute atomic E-state index is 12.5. The molecule has 0 bridgehead atoms. The summed E-state index contributed by atoms with van der Waals surface area (Å²) in [4.78, 5) is 14.9. The van der Waals surface area contributed by atoms with Gasteiger partial charge in [-0.2, -0.15) is 4.52 Å². The number of likely N-dealkylation sites (tertiary alicyclic amines) is 1. The second kappa shape index (κ2) is 5.63. The quantitative estimate of drug-likeness (QED) is 0.770. The number of amides is 1. The summed E-state index contributed by atoms with van der Waals surface area (Å²) >= 11 is 0. The Labute approximate surface area is 144 Å². The Morgan fingerprint density at radius 2 is 1.92 bits per heavy atom. The summed E-state index contributed by atoms with van der Waals surface area (Å²) in [6, 6.07) is 14.3. The maximum atomic E-state index is 12.5. The van der Waals surface area contributed by atoms with Crippen LogP contribution in [0.25, 0.3) is 5.65 Å². The molecule has 3 heterocycles. The lowest BCUT2D eigenvalue weighted by Gasteiger charge is -2.19. The van der Waals surface area contributed by atoms with Gasteiger partial charge in [-0.15, -0.1) is 5.10 Å². The minimum atomic E-state index is -0.0496. The highest BCUT2D eigenvalue weighted by molar-refractivity contribution is 5.94. The average Bonchev–Trinajstić information content (AvgIpc) is 3.01. The Morgan fingerprint density at radius 1 is 1.12 bits per heavy atom. The molecule has 1 aromatic carbocycles. The molecule has 1 saturated heterocycles. The standard InChI is InChI=1S/C18H18N6O/c25-18(13-6-7-16-20-21-22-24(16)9-13)19-17-14-10-23(11-15(14)17)8-12-4-2-1-3-5-12/h1-7,9,14-15,17H,8,10-11H2,(H,19,25). The first-order chi connectivity index (χ1) is 12.3. The van der Waals surface area contributed by atoms with E-state index in [2.05, 4.69) is 50.0 Å². The fourth-order valence-corrected chi connectivity index (χ4v) is 3.91. The Bertz CT molecular complexity index is 911. The van der Waals surface area contributed by atoms with E-state index in [0.717, 1.165) is 19.6 Å². The summed E-state index contributed by atoms with van der Waals surface area (Å²) in [7, 11) is 0. The second-order valence-electron chi connectivity index (χ2n) is 6.91. The van der Waals surface area contributed by atoms with Gasteiger partial charge in [-0.05, 0) is 40.0 Å². The number of carbonyl (C=O) groups is 1. The highest BCUT2D eigenvalue weighted by Crippen LogP contribution is 2.45. The van der Waals surface area contributed by atoms with Gasteiger partial charge in [-0.3, -0.25) is 9.69 Å². The molecule has 2 aliphatic rings. The first kappa shape index (κ1) is 14.5. The maximum Gasteiger partial charge on any atom is 0.253 e. The monoisotopic (exact) mass is 334 g/mol. The van der Waals surface area contributed by atoms with Gasteiger partial charge in [0.25, 0.3) is 5.91 Å². The van der Waals surface area contributed by atoms with E-state index in [9.17, 15) is 4.79 Å². The van der Waals surface area contributed by atoms with Crippen LogP contribution in [0.15, 0.2) is 48.7 Å². The van der Waals surface area contributed by atoms with Gasteiger partial charge in [0.1, 0.15) is 0 Å². The van der Waals surface area contributed by atoms with Crippen LogP contribution in [0.4, 0.5) is 0 Å². The molecule has 126 valence electrons. The molecule has 1 amide bonds. The molecule has 1 aliphatic carbocycles. The second-order valence-corrected chi connectivity index (χ2v) is 6.91. The lowest BCUT2D eigenvalue weighted by Crippen LogP contribution is -2.34. The summed E-state index contributed by atoms with van der Waals surface area (Å²) in [5, 5.41) is 14.4. The summed E-state index contributed by atoms with van der Waals surface area (Å²) in [6.07, 6.45) is 1.67. The third-order valence-corrected chi connectivity index (χ3v) is 5.27. The molecule has 1 N–H and O–H groups in total. The van der Waals surface area contributed by atoms with E-state index < -0.39 is 0 Å². The van der Waals surface area contributed by atoms with Crippen molar-refractivity contribution in [2.45, 2.75) is 12.6 Å². The molecule has 25 heavy (non-hydrogen) atoms. The van der Waals surface area contributed by atoms with Crippen molar-refractivity contribution in [3.05, 3.63) is 59.8 Å². The Hall–Kier alpha value is -2.80. The molecule has 5 rings (SSSR count). The van der Waals surface area contributed by atoms with Gasteiger partial charge in [0.2, 0.25) is 0 Å². The highest BCUT2D eigenvalue weighted by atomic mass is 16.1. The van der Waals surface area contributed by atoms with Crippen molar-refractivity contribution in [1.29, 1.82) is 0 Å². The van der Waals surface area contributed by atoms with Crippen molar-refractivity contribution in [2.24, 2.45) is 11.8 Å². The van der Waals surface area contributed by atoms with Crippen LogP contribution in [0.2, 0.25) is 0 Å². The minimum Gasteiger partial charge on any atom is -0.349 e. The van der Waals surface area contributed by atoms with Crippen LogP contribution in [0.1, 0.15) is 15.9 Å². The van der Waals surface area contributed by atoms with Gasteiger partial charge in [0, 0.05) is 31.9 Å². The Balaban J connectivity index is 1.18. The van der Waals surface area contributed by atoms with Crippen LogP contribution in [-0.4, -0.2) is 50.0 Å². The number of nitrogens with one attached hydrogen (secondary N) is 1. The number of hydrogen-bond acceptors (Lipinski definition) is 5. The van der Waals surface area contributed by atoms with E-state index in [1.807, 2.05) is 6.07 Å². The number of benzene rings is 1. The highest BCUT2D eigenvalue weighted by Gasteiger charge is 2.56. The molecule has 2 atom stereocenters. The van der Waals surface area contributed by atoms with E-state index in [1.54, 1.807) is 18.3 Å². The number of hydrogen-bond donors (Lipinski definition) is 1. The number of fused-ring (bicyclic) bond motifs is 2. The first-order valence-electron chi connectivity index (χ1n) is 8.53. The topological polar surface area (TPSA) is 75.4 Å². The minimum absolute atomic E-state index is 0.0496. The molecule has 2 unspecified atom stereocenters. The lowest BCUT2D eigenvalue weighted by atomic mass is 10.2. The molecule has 2 fully saturated rings. The van der Waals surface area contributed by atoms with Crippen molar-refractivity contribution in [3.8, 4) is 0 Å². The molecular formula is C18H18N6O. The van der Waals surface area contributed by atoms with Crippen LogP contribution in [0, 0.1) is 11.8 Å². The van der Waals surface area contributed by atoms with Crippen molar-refractivity contribution < 1.29 is 4.79 Å². The molecule has 2 aromatic heterocycles. The van der Waals surface area contributed by atoms with Crippen molar-refractivity contribution in [3.63, 3.8) is 0 Å². The van der Waals surface area contributed by atoms with Crippen molar-refractivity contribution >= 4 is 11.6 Å². The summed E-state index contributed by atoms with van der Waals surface area (Å²) < 4.78 is 1.52. The van der Waals surface area contributed by atoms with Gasteiger partial charge in [-0.1, -0.05) is 30.3 Å². The van der Waals surface area contributed by atoms with Crippen molar-refractivity contribution in [1.82, 2.24) is 30.3 Å². The fourth-order valence-electron chi connectivity index (χ4n) is 3.91. The van der Waals surface area contributed by atoms with Crippen LogP contribution >= 0.6 is 0 Å². The van der Waals surface area contributed by atoms with Gasteiger partial charge in [-0.25, -0.2) is 0 Å². The van der Waals surface area contributed by atoms with Crippen LogP contribution < -0.4 is 5.32 Å². The van der Waals surface area contributed by atoms with E-state index in [0.29, 0.717) is 29.1 Å². The largest absolute Gasteiger partial charge is 0.349 e. The fraction of sp³-hybridized carbons (Fsp3) is 0.333. The summed E-state index contributed by atoms with van der Waals surface area (Å²) in [5.74, 6) is 1.10. The number of piperidine rings is 1. The summed E-state index contributed by atoms with van der Waals surface area (Å²) in [5.41, 5.74) is 2.57. The molecule has 7 nitrogen and oxygen atoms in total. The zero-order chi connectivity index (χ0) is 16.8. The van der Waals surface area contributed by atoms with E-state index in [4.69, 9.17) is 0 Å². The van der Waals surface area contributed by atoms with Gasteiger partial charge in [0.05, 0.1) is 5.56 Å². The van der Waals surface area contributed by atoms with Crippen LogP contribution in [0.5, 0.6) is 0 Å². The smallest absolute Gasteiger partial charge is 0.253 e. The van der Waals surface area contributed by atoms with E-state index >= 15 is 0 Å². The number of carbonyl (C=O) groups excluding carboxylic acids is 1. The molecule has 0 radical (unpaired) electrons. The zero-order valence-corrected chi connectivity index (χ0v) is 13.6. The Morgan fingerprint density at radius 3 is 2.72 bits per heavy atom. The SMILES string of the molecule is O=C(NC1C2CN(Cc3ccccc3)CC21)c1ccc2nnnn2c1. The van der Waals surface area contributed by atoms with Crippen molar-refractivity contribution in [2.75, 3.05) is 13.1 Å². The number of nitrogens with zero attached hydrogens (tertiary/aromatic N) is 5. The third-order valence-electron chi connectivity index (χ3n) is 5.27. The third kappa shape index (κ3) is 2.66. The zero-order valence-electron chi connectivity index (χ0n) is 13.6. The average molecular weight is 334 g/mol. The number of rotatable bonds is 4. The number of aromatic nitrogens is 4. The molecule has 1 saturated carbocycles. The Kier molecular flexibility index (Phi) is 3.27. The lowest BCUT2D eigenvalue weighted by molar-refractivity contribution is 0.0942.